The van der Waals surface area contributed by atoms with Crippen LogP contribution in [0.4, 0.5) is 0 Å². The van der Waals surface area contributed by atoms with Crippen LogP contribution in [0.15, 0.2) is 0 Å². The van der Waals surface area contributed by atoms with Crippen molar-refractivity contribution >= 4 is 65.8 Å². The van der Waals surface area contributed by atoms with E-state index in [-0.39, 0.29) is 138 Å². The van der Waals surface area contributed by atoms with E-state index < -0.39 is 185 Å². The second-order valence-corrected chi connectivity index (χ2v) is 24.4. The Balaban J connectivity index is 1.64. The number of aliphatic hydroxyl groups is 10. The van der Waals surface area contributed by atoms with Gasteiger partial charge in [0.1, 0.15) is 73.1 Å². The largest absolute Gasteiger partial charge is 0.394 e. The molecule has 0 saturated carbocycles. The summed E-state index contributed by atoms with van der Waals surface area (Å²) in [6.07, 6.45) is -18.4. The molecule has 0 aromatic carbocycles. The number of hydrogen-bond donors (Lipinski definition) is 19. The van der Waals surface area contributed by atoms with Crippen molar-refractivity contribution in [2.75, 3.05) is 145 Å². The van der Waals surface area contributed by atoms with Crippen LogP contribution in [0, 0.1) is 0 Å². The fraction of sp³-hybridized carbons (Fsp3) is 0.849. The molecule has 0 aliphatic carbocycles. The smallest absolute Gasteiger partial charge is 0.321 e. The minimum Gasteiger partial charge on any atom is -0.394 e. The zero-order valence-electron chi connectivity index (χ0n) is 52.6. The van der Waals surface area contributed by atoms with E-state index in [2.05, 4.69) is 53.5 Å². The zero-order valence-corrected chi connectivity index (χ0v) is 54.3. The molecule has 0 bridgehead atoms. The third-order valence-corrected chi connectivity index (χ3v) is 14.9. The Morgan fingerprint density at radius 3 is 1.21 bits per heavy atom. The zero-order chi connectivity index (χ0) is 69.9. The lowest BCUT2D eigenvalue weighted by Gasteiger charge is -2.42. The fourth-order valence-corrected chi connectivity index (χ4v) is 10.0. The van der Waals surface area contributed by atoms with E-state index >= 15 is 0 Å². The van der Waals surface area contributed by atoms with Gasteiger partial charge in [0.05, 0.1) is 112 Å². The van der Waals surface area contributed by atoms with Crippen LogP contribution >= 0.6 is 6.72 Å². The summed E-state index contributed by atoms with van der Waals surface area (Å²) in [6, 6.07) is -3.55. The Morgan fingerprint density at radius 2 is 0.862 bits per heavy atom. The van der Waals surface area contributed by atoms with Crippen LogP contribution in [0.1, 0.15) is 46.5 Å². The lowest BCUT2D eigenvalue weighted by Crippen LogP contribution is -2.64. The van der Waals surface area contributed by atoms with Gasteiger partial charge >= 0.3 is 6.72 Å². The molecule has 3 rings (SSSR count). The quantitative estimate of drug-likeness (QED) is 0.0199. The third-order valence-electron chi connectivity index (χ3n) is 14.1. The number of amides is 8. The Hall–Kier alpha value is -4.51. The molecule has 16 atom stereocenters. The van der Waals surface area contributed by atoms with Crippen LogP contribution in [-0.4, -0.2) is 361 Å². The van der Waals surface area contributed by atoms with E-state index in [4.69, 9.17) is 42.6 Å². The Labute approximate surface area is 546 Å². The van der Waals surface area contributed by atoms with Gasteiger partial charge in [0.15, 0.2) is 18.9 Å². The van der Waals surface area contributed by atoms with Crippen LogP contribution in [0.5, 0.6) is 0 Å². The summed E-state index contributed by atoms with van der Waals surface area (Å²) < 4.78 is 54.7. The minimum atomic E-state index is -4.06. The molecule has 0 radical (unpaired) electrons. The standard InChI is InChI=1S/C53H96N9O30PS/c1-30(66)58-42-48(78)45(75)34(26-63)90-51(42)86-19-16-83-13-8-54-38(71)23-61(24-39(72)55-9-14-84-17-20-87-52-43(59-31(2)67)49(79)46(76)35(27-64)91-52)11-5-12-62(41(74)7-4-6-37(70)57-22-33(69)29-89-93(81,82)94)25-40(73)56-10-15-85-18-21-88-53-44(60-32(3)68)50(80)47(77)36(28-65)92-53/h33-36,42-53,63-65,69,75-80H,4-29H2,1-3H3,(H,54,71)(H,55,72)(H,56,73)(H,57,70)(H,58,66)(H,59,67)(H,60,68)(H2,81,82,94)/t33-,34?,35?,36?,42?,43?,44?,45?,46?,47?,48?,49?,50?,51?,52?,53?/m1/s1. The maximum absolute atomic E-state index is 13.8. The first kappa shape index (κ1) is 83.7. The first-order chi connectivity index (χ1) is 44.6. The molecule has 41 heteroatoms. The number of ether oxygens (including phenoxy) is 9. The number of carbonyl (C=O) groups is 8. The summed E-state index contributed by atoms with van der Waals surface area (Å²) >= 11 is 4.35. The number of rotatable bonds is 46. The minimum absolute atomic E-state index is 0.0196. The Morgan fingerprint density at radius 1 is 0.489 bits per heavy atom. The molecule has 19 N–H and O–H groups in total. The average molecular weight is 1400 g/mol. The molecule has 3 heterocycles. The monoisotopic (exact) mass is 1400 g/mol. The maximum atomic E-state index is 13.8. The van der Waals surface area contributed by atoms with Crippen LogP contribution in [0.3, 0.4) is 0 Å². The first-order valence-electron chi connectivity index (χ1n) is 30.3. The average Bonchev–Trinajstić information content (AvgIpc) is 0.831. The highest BCUT2D eigenvalue weighted by atomic mass is 32.5. The fourth-order valence-electron chi connectivity index (χ4n) is 9.46. The van der Waals surface area contributed by atoms with Gasteiger partial charge in [0.2, 0.25) is 47.3 Å². The lowest BCUT2D eigenvalue weighted by molar-refractivity contribution is -0.272. The van der Waals surface area contributed by atoms with E-state index in [9.17, 15) is 99.2 Å². The maximum Gasteiger partial charge on any atom is 0.321 e. The van der Waals surface area contributed by atoms with Gasteiger partial charge in [-0.1, -0.05) is 0 Å². The molecule has 0 spiro atoms. The molecule has 39 nitrogen and oxygen atoms in total. The van der Waals surface area contributed by atoms with Crippen molar-refractivity contribution in [2.45, 2.75) is 144 Å². The van der Waals surface area contributed by atoms with Gasteiger partial charge in [-0.15, -0.1) is 0 Å². The lowest BCUT2D eigenvalue weighted by atomic mass is 9.97. The Bertz CT molecular complexity index is 2270. The molecule has 94 heavy (non-hydrogen) atoms. The number of carbonyl (C=O) groups excluding carboxylic acids is 8. The summed E-state index contributed by atoms with van der Waals surface area (Å²) in [7, 11) is 0. The number of nitrogens with one attached hydrogen (secondary N) is 7. The van der Waals surface area contributed by atoms with Gasteiger partial charge in [-0.3, -0.25) is 43.3 Å². The van der Waals surface area contributed by atoms with Crippen molar-refractivity contribution in [1.29, 1.82) is 0 Å². The Kier molecular flexibility index (Phi) is 40.2. The predicted octanol–water partition coefficient (Wildman–Crippen LogP) is -11.3. The molecule has 544 valence electrons. The van der Waals surface area contributed by atoms with Crippen LogP contribution in [0.25, 0.3) is 0 Å². The van der Waals surface area contributed by atoms with Gasteiger partial charge in [0.25, 0.3) is 0 Å². The number of hydrogen-bond acceptors (Lipinski definition) is 30. The molecule has 8 amide bonds. The van der Waals surface area contributed by atoms with Gasteiger partial charge in [-0.2, -0.15) is 0 Å². The number of nitrogens with zero attached hydrogens (tertiary/aromatic N) is 2. The molecule has 3 fully saturated rings. The first-order valence-corrected chi connectivity index (χ1v) is 32.9. The van der Waals surface area contributed by atoms with Crippen molar-refractivity contribution in [3.8, 4) is 0 Å². The molecule has 3 saturated heterocycles. The van der Waals surface area contributed by atoms with Gasteiger partial charge in [0, 0.05) is 72.9 Å². The van der Waals surface area contributed by atoms with Crippen molar-refractivity contribution in [1.82, 2.24) is 47.0 Å². The van der Waals surface area contributed by atoms with E-state index in [1.807, 2.05) is 0 Å². The second kappa shape index (κ2) is 45.1. The van der Waals surface area contributed by atoms with Crippen LogP contribution < -0.4 is 37.2 Å². The van der Waals surface area contributed by atoms with E-state index in [1.54, 1.807) is 0 Å². The van der Waals surface area contributed by atoms with Gasteiger partial charge in [-0.05, 0) is 24.6 Å². The molecular weight excluding hydrogens is 1310 g/mol. The topological polar surface area (TPSA) is 562 Å². The van der Waals surface area contributed by atoms with Crippen molar-refractivity contribution in [3.63, 3.8) is 0 Å². The van der Waals surface area contributed by atoms with Crippen LogP contribution in [0.2, 0.25) is 0 Å². The predicted molar refractivity (Wildman–Crippen MR) is 321 cm³/mol. The molecule has 3 aliphatic rings. The van der Waals surface area contributed by atoms with Crippen molar-refractivity contribution in [2.24, 2.45) is 0 Å². The van der Waals surface area contributed by atoms with E-state index in [1.165, 1.54) is 30.6 Å². The summed E-state index contributed by atoms with van der Waals surface area (Å²) in [5, 5.41) is 119. The highest BCUT2D eigenvalue weighted by Gasteiger charge is 2.48. The molecular formula is C53H96N9O30PS. The van der Waals surface area contributed by atoms with Crippen molar-refractivity contribution < 1.29 is 146 Å². The van der Waals surface area contributed by atoms with Crippen LogP contribution in [-0.2, 0) is 97.3 Å². The highest BCUT2D eigenvalue weighted by Crippen LogP contribution is 2.36. The van der Waals surface area contributed by atoms with E-state index in [0.29, 0.717) is 0 Å². The summed E-state index contributed by atoms with van der Waals surface area (Å²) in [4.78, 5) is 123. The highest BCUT2D eigenvalue weighted by molar-refractivity contribution is 8.06. The summed E-state index contributed by atoms with van der Waals surface area (Å²) in [6.45, 7) is -5.78. The molecule has 3 aliphatic heterocycles. The van der Waals surface area contributed by atoms with Gasteiger partial charge < -0.3 is 150 Å². The molecule has 0 aromatic rings. The van der Waals surface area contributed by atoms with Crippen molar-refractivity contribution in [3.05, 3.63) is 0 Å². The summed E-state index contributed by atoms with van der Waals surface area (Å²) in [5.74, 6) is -4.57. The van der Waals surface area contributed by atoms with E-state index in [0.717, 1.165) is 0 Å². The molecule has 15 unspecified atom stereocenters. The molecule has 0 aromatic heterocycles. The van der Waals surface area contributed by atoms with Gasteiger partial charge in [-0.25, -0.2) is 0 Å². The second-order valence-electron chi connectivity index (χ2n) is 21.8. The SMILES string of the molecule is CC(=O)NC1C(OCCOCCNC(=O)CN(CCCN(CC(=O)NCCOCCOC2OC(CO)C(O)C(O)C2NC(C)=O)C(=O)CCCC(=O)NC[C@@H](O)COP(O)(O)=S)CC(=O)NCCOCCOC2OC(CO)C(O)C(O)C2NC(C)=O)OC(CO)C(O)C1O. The number of aliphatic hydroxyl groups excluding tert-OH is 10. The normalized spacial score (nSPS) is 26.6. The summed E-state index contributed by atoms with van der Waals surface area (Å²) in [5.41, 5.74) is 0. The third kappa shape index (κ3) is 32.2.